The molecule has 3 nitrogen and oxygen atoms in total. The minimum absolute atomic E-state index is 0.0378. The summed E-state index contributed by atoms with van der Waals surface area (Å²) in [6.45, 7) is 1.90. The van der Waals surface area contributed by atoms with Crippen molar-refractivity contribution < 1.29 is 18.3 Å². The van der Waals surface area contributed by atoms with Crippen LogP contribution in [-0.2, 0) is 4.74 Å². The first-order valence-corrected chi connectivity index (χ1v) is 5.85. The Bertz CT molecular complexity index is 559. The molecule has 2 rings (SSSR count). The van der Waals surface area contributed by atoms with Gasteiger partial charge in [-0.05, 0) is 37.6 Å². The van der Waals surface area contributed by atoms with Crippen LogP contribution in [0.1, 0.15) is 30.3 Å². The molecular weight excluding hydrogens is 235 g/mol. The van der Waals surface area contributed by atoms with E-state index in [1.165, 1.54) is 18.2 Å². The average molecular weight is 250 g/mol. The molecule has 0 aliphatic rings. The zero-order chi connectivity index (χ0) is 13.1. The number of methoxy groups -OCH3 is 1. The quantitative estimate of drug-likeness (QED) is 0.761. The molecule has 0 radical (unpaired) electrons. The van der Waals surface area contributed by atoms with Crippen LogP contribution in [0.25, 0.3) is 11.0 Å². The Hall–Kier alpha value is -1.68. The van der Waals surface area contributed by atoms with Crippen LogP contribution in [-0.4, -0.2) is 19.0 Å². The summed E-state index contributed by atoms with van der Waals surface area (Å²) in [7, 11) is 1.61. The summed E-state index contributed by atoms with van der Waals surface area (Å²) >= 11 is 0. The van der Waals surface area contributed by atoms with Gasteiger partial charge in [0.25, 0.3) is 0 Å². The van der Waals surface area contributed by atoms with Gasteiger partial charge in [0.2, 0.25) is 0 Å². The van der Waals surface area contributed by atoms with Crippen molar-refractivity contribution in [3.8, 4) is 0 Å². The van der Waals surface area contributed by atoms with E-state index in [4.69, 9.17) is 9.15 Å². The van der Waals surface area contributed by atoms with Crippen LogP contribution in [0.15, 0.2) is 28.7 Å². The standard InChI is InChI=1S/C14H15FO3/c1-9(17-2)3-5-12(16)14-8-10-7-11(15)4-6-13(10)18-14/h4,6-9H,3,5H2,1-2H3. The molecule has 0 saturated heterocycles. The number of Topliss-reactive ketones (excluding diaryl/α,β-unsaturated/α-hetero) is 1. The Morgan fingerprint density at radius 1 is 1.44 bits per heavy atom. The monoisotopic (exact) mass is 250 g/mol. The van der Waals surface area contributed by atoms with Gasteiger partial charge in [-0.1, -0.05) is 0 Å². The highest BCUT2D eigenvalue weighted by Gasteiger charge is 2.13. The van der Waals surface area contributed by atoms with Crippen molar-refractivity contribution in [1.82, 2.24) is 0 Å². The number of rotatable bonds is 5. The van der Waals surface area contributed by atoms with Gasteiger partial charge in [-0.15, -0.1) is 0 Å². The van der Waals surface area contributed by atoms with E-state index in [0.29, 0.717) is 23.8 Å². The molecule has 1 heterocycles. The molecular formula is C14H15FO3. The fourth-order valence-corrected chi connectivity index (χ4v) is 1.73. The van der Waals surface area contributed by atoms with Gasteiger partial charge in [0.1, 0.15) is 11.4 Å². The highest BCUT2D eigenvalue weighted by atomic mass is 19.1. The summed E-state index contributed by atoms with van der Waals surface area (Å²) in [4.78, 5) is 11.9. The van der Waals surface area contributed by atoms with Gasteiger partial charge in [0, 0.05) is 18.9 Å². The van der Waals surface area contributed by atoms with Gasteiger partial charge < -0.3 is 9.15 Å². The number of halogens is 1. The lowest BCUT2D eigenvalue weighted by atomic mass is 10.1. The van der Waals surface area contributed by atoms with Crippen LogP contribution >= 0.6 is 0 Å². The minimum atomic E-state index is -0.338. The van der Waals surface area contributed by atoms with Crippen LogP contribution in [0.4, 0.5) is 4.39 Å². The number of carbonyl (C=O) groups is 1. The van der Waals surface area contributed by atoms with E-state index >= 15 is 0 Å². The predicted octanol–water partition coefficient (Wildman–Crippen LogP) is 3.57. The van der Waals surface area contributed by atoms with Crippen LogP contribution < -0.4 is 0 Å². The van der Waals surface area contributed by atoms with Crippen LogP contribution in [0.2, 0.25) is 0 Å². The molecule has 0 fully saturated rings. The Balaban J connectivity index is 2.13. The molecule has 0 bridgehead atoms. The highest BCUT2D eigenvalue weighted by Crippen LogP contribution is 2.21. The first kappa shape index (κ1) is 12.8. The predicted molar refractivity (Wildman–Crippen MR) is 66.2 cm³/mol. The SMILES string of the molecule is COC(C)CCC(=O)c1cc2cc(F)ccc2o1. The summed E-state index contributed by atoms with van der Waals surface area (Å²) in [5.41, 5.74) is 0.527. The number of ether oxygens (including phenoxy) is 1. The maximum absolute atomic E-state index is 13.0. The van der Waals surface area contributed by atoms with Gasteiger partial charge in [-0.2, -0.15) is 0 Å². The molecule has 0 N–H and O–H groups in total. The third kappa shape index (κ3) is 2.76. The van der Waals surface area contributed by atoms with E-state index in [0.717, 1.165) is 0 Å². The number of benzene rings is 1. The molecule has 0 saturated carbocycles. The Kier molecular flexibility index (Phi) is 3.77. The van der Waals surface area contributed by atoms with Gasteiger partial charge in [0.05, 0.1) is 6.10 Å². The van der Waals surface area contributed by atoms with Gasteiger partial charge in [-0.25, -0.2) is 4.39 Å². The second kappa shape index (κ2) is 5.31. The van der Waals surface area contributed by atoms with Crippen molar-refractivity contribution in [2.75, 3.05) is 7.11 Å². The molecule has 4 heteroatoms. The summed E-state index contributed by atoms with van der Waals surface area (Å²) in [5, 5.41) is 0.609. The Labute approximate surface area is 105 Å². The van der Waals surface area contributed by atoms with E-state index < -0.39 is 0 Å². The van der Waals surface area contributed by atoms with Crippen molar-refractivity contribution in [2.45, 2.75) is 25.9 Å². The minimum Gasteiger partial charge on any atom is -0.453 e. The van der Waals surface area contributed by atoms with E-state index in [2.05, 4.69) is 0 Å². The Morgan fingerprint density at radius 3 is 2.94 bits per heavy atom. The second-order valence-electron chi connectivity index (χ2n) is 4.30. The highest BCUT2D eigenvalue weighted by molar-refractivity contribution is 5.97. The van der Waals surface area contributed by atoms with Crippen molar-refractivity contribution in [1.29, 1.82) is 0 Å². The van der Waals surface area contributed by atoms with Crippen LogP contribution in [0, 0.1) is 5.82 Å². The normalized spacial score (nSPS) is 12.8. The summed E-state index contributed by atoms with van der Waals surface area (Å²) < 4.78 is 23.5. The second-order valence-corrected chi connectivity index (χ2v) is 4.30. The van der Waals surface area contributed by atoms with Gasteiger partial charge in [0.15, 0.2) is 11.5 Å². The number of furan rings is 1. The topological polar surface area (TPSA) is 39.4 Å². The third-order valence-electron chi connectivity index (χ3n) is 2.93. The maximum Gasteiger partial charge on any atom is 0.198 e. The fraction of sp³-hybridized carbons (Fsp3) is 0.357. The fourth-order valence-electron chi connectivity index (χ4n) is 1.73. The summed E-state index contributed by atoms with van der Waals surface area (Å²) in [6.07, 6.45) is 1.04. The molecule has 96 valence electrons. The molecule has 1 unspecified atom stereocenters. The molecule has 0 amide bonds. The third-order valence-corrected chi connectivity index (χ3v) is 2.93. The largest absolute Gasteiger partial charge is 0.453 e. The summed E-state index contributed by atoms with van der Waals surface area (Å²) in [6, 6.07) is 5.78. The molecule has 1 aromatic heterocycles. The van der Waals surface area contributed by atoms with Crippen LogP contribution in [0.5, 0.6) is 0 Å². The van der Waals surface area contributed by atoms with Crippen molar-refractivity contribution in [3.05, 3.63) is 35.8 Å². The number of fused-ring (bicyclic) bond motifs is 1. The Morgan fingerprint density at radius 2 is 2.22 bits per heavy atom. The molecule has 18 heavy (non-hydrogen) atoms. The van der Waals surface area contributed by atoms with Crippen molar-refractivity contribution in [2.24, 2.45) is 0 Å². The first-order valence-electron chi connectivity index (χ1n) is 5.85. The van der Waals surface area contributed by atoms with E-state index in [1.807, 2.05) is 6.92 Å². The van der Waals surface area contributed by atoms with E-state index in [1.54, 1.807) is 13.2 Å². The lowest BCUT2D eigenvalue weighted by Gasteiger charge is -2.06. The zero-order valence-corrected chi connectivity index (χ0v) is 10.4. The molecule has 2 aromatic rings. The number of ketones is 1. The van der Waals surface area contributed by atoms with Crippen molar-refractivity contribution in [3.63, 3.8) is 0 Å². The molecule has 1 aromatic carbocycles. The maximum atomic E-state index is 13.0. The number of hydrogen-bond donors (Lipinski definition) is 0. The zero-order valence-electron chi connectivity index (χ0n) is 10.4. The summed E-state index contributed by atoms with van der Waals surface area (Å²) in [5.74, 6) is -0.148. The van der Waals surface area contributed by atoms with Crippen LogP contribution in [0.3, 0.4) is 0 Å². The number of hydrogen-bond acceptors (Lipinski definition) is 3. The first-order chi connectivity index (χ1) is 8.60. The number of carbonyl (C=O) groups excluding carboxylic acids is 1. The molecule has 0 aliphatic heterocycles. The lowest BCUT2D eigenvalue weighted by molar-refractivity contribution is 0.0858. The van der Waals surface area contributed by atoms with Crippen molar-refractivity contribution >= 4 is 16.8 Å². The van der Waals surface area contributed by atoms with E-state index in [-0.39, 0.29) is 23.5 Å². The molecule has 0 aliphatic carbocycles. The molecule has 0 spiro atoms. The average Bonchev–Trinajstić information content (AvgIpc) is 2.78. The molecule has 1 atom stereocenters. The van der Waals surface area contributed by atoms with Gasteiger partial charge >= 0.3 is 0 Å². The lowest BCUT2D eigenvalue weighted by Crippen LogP contribution is -2.08. The van der Waals surface area contributed by atoms with Gasteiger partial charge in [-0.3, -0.25) is 4.79 Å². The smallest absolute Gasteiger partial charge is 0.198 e. The van der Waals surface area contributed by atoms with E-state index in [9.17, 15) is 9.18 Å².